The number of aliphatic imine (C=N–C) groups is 1. The van der Waals surface area contributed by atoms with Crippen molar-refractivity contribution in [2.45, 2.75) is 24.5 Å². The number of rotatable bonds is 18. The molecular weight excluding hydrogens is 1240 g/mol. The fourth-order valence-corrected chi connectivity index (χ4v) is 9.22. The topological polar surface area (TPSA) is 504 Å². The van der Waals surface area contributed by atoms with Crippen molar-refractivity contribution in [3.63, 3.8) is 0 Å². The summed E-state index contributed by atoms with van der Waals surface area (Å²) in [4.78, 5) is 147. The lowest BCUT2D eigenvalue weighted by Crippen LogP contribution is -2.36. The van der Waals surface area contributed by atoms with E-state index in [0.29, 0.717) is 0 Å². The number of amides is 3. The lowest BCUT2D eigenvalue weighted by atomic mass is 9.96. The van der Waals surface area contributed by atoms with Crippen LogP contribution in [0.25, 0.3) is 44.5 Å². The van der Waals surface area contributed by atoms with Gasteiger partial charge in [-0.25, -0.2) is 44.7 Å². The molecule has 0 saturated heterocycles. The fourth-order valence-electron chi connectivity index (χ4n) is 9.22. The van der Waals surface area contributed by atoms with E-state index in [4.69, 9.17) is 6.57 Å². The van der Waals surface area contributed by atoms with Crippen molar-refractivity contribution in [2.75, 3.05) is 16.0 Å². The van der Waals surface area contributed by atoms with Gasteiger partial charge in [0.25, 0.3) is 52.4 Å². The molecule has 0 saturated carbocycles. The first-order chi connectivity index (χ1) is 46.9. The Bertz CT molecular complexity index is 5250. The molecule has 0 radical (unpaired) electrons. The van der Waals surface area contributed by atoms with Gasteiger partial charge in [-0.3, -0.25) is 49.7 Å². The van der Waals surface area contributed by atoms with Crippen molar-refractivity contribution < 1.29 is 19.2 Å². The third-order valence-corrected chi connectivity index (χ3v) is 13.6. The number of hydrogen-bond donors (Lipinski definition) is 5. The number of aromatic amines is 2. The highest BCUT2D eigenvalue weighted by molar-refractivity contribution is 6.23. The number of para-hydroxylation sites is 3. The third kappa shape index (κ3) is 12.2. The number of benzene rings is 3. The van der Waals surface area contributed by atoms with E-state index in [-0.39, 0.29) is 90.9 Å². The van der Waals surface area contributed by atoms with Crippen molar-refractivity contribution >= 4 is 97.7 Å². The first-order valence-electron chi connectivity index (χ1n) is 27.7. The van der Waals surface area contributed by atoms with Crippen molar-refractivity contribution in [3.05, 3.63) is 207 Å². The predicted octanol–water partition coefficient (Wildman–Crippen LogP) is 5.94. The number of carbonyl (C=O) groups is 4. The molecule has 10 heterocycles. The molecule has 0 spiro atoms. The molecule has 38 nitrogen and oxygen atoms in total. The standard InChI is InChI=1S/C58H34N32O6/c1-61-38-28-70-90(58-66-21-10-22-67-58)47(38)87-84-42(44-73-36-16-7-4-13-33(36)49(93)75-44)52(96)78-55-80-53(76-50(94)40(37-23-39(91)31-11-2-5-14-34(31)71-37)82-85-45-29(24-59)26-68-88(45)56-62-17-8-18-63-56)79-54(81-55)77-51(95)41(43-72-35-15-6-3-12-32(35)48(92)74-43)83-86-46-30(25-60)27-69-89(46)57-64-19-9-20-65-57/h2-22,26-28,40-42H,23H2,(H,72,74,92)(H,73,75,93)(H3,76,77,78,79,80,81,94,95,96). The van der Waals surface area contributed by atoms with Crippen LogP contribution in [0.5, 0.6) is 0 Å². The van der Waals surface area contributed by atoms with Crippen LogP contribution < -0.4 is 27.1 Å². The molecule has 1 aliphatic heterocycles. The minimum atomic E-state index is -1.99. The van der Waals surface area contributed by atoms with Gasteiger partial charge in [0.2, 0.25) is 29.9 Å². The van der Waals surface area contributed by atoms with E-state index in [1.165, 1.54) is 85.7 Å². The maximum Gasteiger partial charge on any atom is 0.261 e. The van der Waals surface area contributed by atoms with Gasteiger partial charge in [0.1, 0.15) is 34.9 Å². The molecule has 1 aliphatic rings. The second-order valence-corrected chi connectivity index (χ2v) is 19.6. The molecule has 0 fully saturated rings. The van der Waals surface area contributed by atoms with E-state index in [1.54, 1.807) is 42.5 Å². The number of aromatic nitrogens is 19. The number of azo groups is 3. The highest BCUT2D eigenvalue weighted by Crippen LogP contribution is 2.33. The van der Waals surface area contributed by atoms with E-state index in [0.717, 1.165) is 32.6 Å². The second-order valence-electron chi connectivity index (χ2n) is 19.6. The van der Waals surface area contributed by atoms with Gasteiger partial charge in [0.05, 0.1) is 64.8 Å². The molecule has 12 aromatic rings. The highest BCUT2D eigenvalue weighted by Gasteiger charge is 2.34. The zero-order valence-corrected chi connectivity index (χ0v) is 48.3. The van der Waals surface area contributed by atoms with Crippen LogP contribution >= 0.6 is 0 Å². The Morgan fingerprint density at radius 1 is 0.521 bits per heavy atom. The molecule has 0 aliphatic carbocycles. The Hall–Kier alpha value is -15.2. The van der Waals surface area contributed by atoms with Gasteiger partial charge in [-0.2, -0.15) is 70.2 Å². The molecule has 462 valence electrons. The molecule has 3 atom stereocenters. The first kappa shape index (κ1) is 59.8. The average molecular weight is 1280 g/mol. The quantitative estimate of drug-likeness (QED) is 0.0490. The Kier molecular flexibility index (Phi) is 16.3. The number of fused-ring (bicyclic) bond motifs is 3. The van der Waals surface area contributed by atoms with Gasteiger partial charge in [-0.1, -0.05) is 36.4 Å². The monoisotopic (exact) mass is 1270 g/mol. The fraction of sp³-hybridized carbons (Fsp3) is 0.0690. The molecule has 96 heavy (non-hydrogen) atoms. The lowest BCUT2D eigenvalue weighted by molar-refractivity contribution is -0.118. The molecule has 13 rings (SSSR count). The number of anilines is 3. The average Bonchev–Trinajstić information content (AvgIpc) is 1.15. The van der Waals surface area contributed by atoms with E-state index in [2.05, 4.69) is 137 Å². The highest BCUT2D eigenvalue weighted by atomic mass is 16.2. The molecule has 5 N–H and O–H groups in total. The molecule has 3 aromatic carbocycles. The van der Waals surface area contributed by atoms with Crippen molar-refractivity contribution in [1.82, 2.24) is 94.1 Å². The number of nitriles is 2. The Morgan fingerprint density at radius 3 is 1.40 bits per heavy atom. The maximum atomic E-state index is 15.1. The summed E-state index contributed by atoms with van der Waals surface area (Å²) in [6.07, 6.45) is 11.4. The number of hydrogen-bond acceptors (Lipinski definition) is 29. The van der Waals surface area contributed by atoms with E-state index < -0.39 is 88.7 Å². The van der Waals surface area contributed by atoms with E-state index in [1.807, 2.05) is 12.1 Å². The van der Waals surface area contributed by atoms with Crippen molar-refractivity contribution in [1.29, 1.82) is 10.5 Å². The van der Waals surface area contributed by atoms with Crippen LogP contribution in [0.4, 0.5) is 46.7 Å². The third-order valence-electron chi connectivity index (χ3n) is 13.6. The van der Waals surface area contributed by atoms with Gasteiger partial charge < -0.3 is 9.97 Å². The minimum Gasteiger partial charge on any atom is -0.308 e. The molecule has 3 unspecified atom stereocenters. The first-order valence-corrected chi connectivity index (χ1v) is 27.7. The van der Waals surface area contributed by atoms with Gasteiger partial charge in [-0.05, 0) is 54.6 Å². The molecule has 9 aromatic heterocycles. The Labute approximate surface area is 533 Å². The van der Waals surface area contributed by atoms with Gasteiger partial charge >= 0.3 is 0 Å². The largest absolute Gasteiger partial charge is 0.308 e. The van der Waals surface area contributed by atoms with E-state index >= 15 is 14.4 Å². The van der Waals surface area contributed by atoms with Crippen LogP contribution in [-0.2, 0) is 14.4 Å². The van der Waals surface area contributed by atoms with Gasteiger partial charge in [-0.15, -0.1) is 15.3 Å². The van der Waals surface area contributed by atoms with Crippen molar-refractivity contribution in [3.8, 4) is 30.0 Å². The van der Waals surface area contributed by atoms with Crippen LogP contribution in [0, 0.1) is 29.2 Å². The van der Waals surface area contributed by atoms with Crippen LogP contribution in [0.15, 0.2) is 192 Å². The molecular formula is C58H34N32O6. The SMILES string of the molecule is [C-]#[N+]c1cnn(-c2ncccn2)c1N=NC(C(=O)Nc1nc(NC(=O)C(N=Nc2c(C#N)cnn2-c2ncccn2)C2=Nc3ccccc3C(=O)C2)nc(NC(=O)C(N=Nc2c(C#N)cnn2-c2ncccn2)c2nc3ccccc3c(=O)[nH]2)n1)c1nc2ccccc2c(=O)[nH]1. The normalized spacial score (nSPS) is 13.0. The van der Waals surface area contributed by atoms with Gasteiger partial charge in [0, 0.05) is 42.7 Å². The number of nitrogens with zero attached hydrogens (tertiary/aromatic N) is 27. The summed E-state index contributed by atoms with van der Waals surface area (Å²) in [5, 5.41) is 66.1. The second kappa shape index (κ2) is 26.1. The summed E-state index contributed by atoms with van der Waals surface area (Å²) in [5.41, 5.74) is -1.44. The van der Waals surface area contributed by atoms with Crippen LogP contribution in [0.1, 0.15) is 51.6 Å². The van der Waals surface area contributed by atoms with Gasteiger partial charge in [0.15, 0.2) is 29.3 Å². The van der Waals surface area contributed by atoms with Crippen LogP contribution in [-0.4, -0.2) is 129 Å². The number of nitrogens with one attached hydrogen (secondary N) is 5. The lowest BCUT2D eigenvalue weighted by Gasteiger charge is -2.19. The molecule has 3 amide bonds. The van der Waals surface area contributed by atoms with E-state index in [9.17, 15) is 24.9 Å². The minimum absolute atomic E-state index is 0.0397. The summed E-state index contributed by atoms with van der Waals surface area (Å²) in [7, 11) is 0. The number of H-pyrrole nitrogens is 2. The number of carbonyl (C=O) groups excluding carboxylic acids is 4. The maximum absolute atomic E-state index is 15.1. The summed E-state index contributed by atoms with van der Waals surface area (Å²) in [6.45, 7) is 7.87. The Morgan fingerprint density at radius 2 is 0.927 bits per heavy atom. The molecule has 0 bridgehead atoms. The smallest absolute Gasteiger partial charge is 0.261 e. The summed E-state index contributed by atoms with van der Waals surface area (Å²) >= 11 is 0. The Balaban J connectivity index is 0.934. The van der Waals surface area contributed by atoms with Crippen molar-refractivity contribution in [2.24, 2.45) is 35.7 Å². The number of Topliss-reactive ketones (excluding diaryl/α,β-unsaturated/α-hetero) is 1. The summed E-state index contributed by atoms with van der Waals surface area (Å²) in [6, 6.07) is 21.3. The summed E-state index contributed by atoms with van der Waals surface area (Å²) < 4.78 is 3.20. The summed E-state index contributed by atoms with van der Waals surface area (Å²) in [5.74, 6) is -8.13. The zero-order valence-electron chi connectivity index (χ0n) is 48.3. The number of ketones is 1. The van der Waals surface area contributed by atoms with Crippen LogP contribution in [0.3, 0.4) is 0 Å². The predicted molar refractivity (Wildman–Crippen MR) is 329 cm³/mol. The zero-order chi connectivity index (χ0) is 66.2. The van der Waals surface area contributed by atoms with Crippen LogP contribution in [0.2, 0.25) is 0 Å². The molecule has 38 heteroatoms.